The molecule has 0 radical (unpaired) electrons. The van der Waals surface area contributed by atoms with Crippen molar-refractivity contribution in [3.05, 3.63) is 18.2 Å². The van der Waals surface area contributed by atoms with Gasteiger partial charge in [-0.05, 0) is 19.1 Å². The molecule has 9 heteroatoms. The van der Waals surface area contributed by atoms with E-state index >= 15 is 0 Å². The molecule has 24 heavy (non-hydrogen) atoms. The van der Waals surface area contributed by atoms with E-state index in [9.17, 15) is 0 Å². The quantitative estimate of drug-likeness (QED) is 0.385. The van der Waals surface area contributed by atoms with Gasteiger partial charge in [0.15, 0.2) is 11.5 Å². The number of rotatable bonds is 8. The number of ether oxygens (including phenoxy) is 3. The minimum atomic E-state index is -1.82. The van der Waals surface area contributed by atoms with Crippen molar-refractivity contribution in [2.24, 2.45) is 0 Å². The fraction of sp³-hybridized carbons (Fsp3) is 0.467. The molecule has 0 amide bonds. The molecule has 9 nitrogen and oxygen atoms in total. The lowest BCUT2D eigenvalue weighted by Crippen LogP contribution is -2.28. The third-order valence-electron chi connectivity index (χ3n) is 2.53. The van der Waals surface area contributed by atoms with Crippen LogP contribution < -0.4 is 19.5 Å². The van der Waals surface area contributed by atoms with Crippen LogP contribution in [0.1, 0.15) is 6.92 Å². The van der Waals surface area contributed by atoms with Gasteiger partial charge < -0.3 is 34.8 Å². The number of methoxy groups -OCH3 is 2. The third-order valence-corrected chi connectivity index (χ3v) is 2.53. The minimum absolute atomic E-state index is 0.356. The maximum Gasteiger partial charge on any atom is 0.414 e. The summed E-state index contributed by atoms with van der Waals surface area (Å²) in [6, 6.07) is 5.48. The lowest BCUT2D eigenvalue weighted by atomic mass is 10.3. The average Bonchev–Trinajstić information content (AvgIpc) is 2.54. The van der Waals surface area contributed by atoms with Crippen molar-refractivity contribution in [2.75, 3.05) is 33.9 Å². The van der Waals surface area contributed by atoms with Gasteiger partial charge in [-0.3, -0.25) is 0 Å². The first kappa shape index (κ1) is 21.5. The maximum absolute atomic E-state index is 9.10. The van der Waals surface area contributed by atoms with Gasteiger partial charge in [-0.2, -0.15) is 0 Å². The topological polar surface area (TPSA) is 135 Å². The molecule has 0 fully saturated rings. The second kappa shape index (κ2) is 12.0. The summed E-state index contributed by atoms with van der Waals surface area (Å²) in [4.78, 5) is 18.2. The zero-order valence-electron chi connectivity index (χ0n) is 13.8. The first-order chi connectivity index (χ1) is 11.3. The molecule has 0 saturated heterocycles. The number of carbonyl (C=O) groups is 2. The number of hydrogen-bond donors (Lipinski definition) is 4. The van der Waals surface area contributed by atoms with Crippen molar-refractivity contribution in [3.63, 3.8) is 0 Å². The minimum Gasteiger partial charge on any atom is -0.493 e. The van der Waals surface area contributed by atoms with Gasteiger partial charge in [0.05, 0.1) is 20.3 Å². The monoisotopic (exact) mass is 345 g/mol. The van der Waals surface area contributed by atoms with E-state index < -0.39 is 11.9 Å². The number of aliphatic hydroxyl groups is 1. The average molecular weight is 345 g/mol. The summed E-state index contributed by atoms with van der Waals surface area (Å²) in [6.07, 6.45) is -0.356. The van der Waals surface area contributed by atoms with Crippen LogP contribution >= 0.6 is 0 Å². The normalized spacial score (nSPS) is 10.8. The number of aliphatic carboxylic acids is 2. The molecule has 4 N–H and O–H groups in total. The summed E-state index contributed by atoms with van der Waals surface area (Å²) in [7, 11) is 3.18. The van der Waals surface area contributed by atoms with E-state index in [1.165, 1.54) is 0 Å². The van der Waals surface area contributed by atoms with Gasteiger partial charge in [0, 0.05) is 13.1 Å². The largest absolute Gasteiger partial charge is 0.493 e. The molecule has 0 saturated carbocycles. The smallest absolute Gasteiger partial charge is 0.414 e. The first-order valence-corrected chi connectivity index (χ1v) is 7.02. The number of para-hydroxylation sites is 1. The zero-order chi connectivity index (χ0) is 18.5. The lowest BCUT2D eigenvalue weighted by molar-refractivity contribution is -0.159. The molecule has 0 aromatic heterocycles. The third kappa shape index (κ3) is 8.81. The van der Waals surface area contributed by atoms with Gasteiger partial charge in [-0.25, -0.2) is 9.59 Å². The predicted octanol–water partition coefficient (Wildman–Crippen LogP) is 0.209. The summed E-state index contributed by atoms with van der Waals surface area (Å²) in [5, 5.41) is 26.9. The van der Waals surface area contributed by atoms with E-state index in [2.05, 4.69) is 5.32 Å². The van der Waals surface area contributed by atoms with Crippen LogP contribution in [0, 0.1) is 0 Å². The van der Waals surface area contributed by atoms with Crippen molar-refractivity contribution < 1.29 is 39.1 Å². The number of hydrogen-bond acceptors (Lipinski definition) is 7. The van der Waals surface area contributed by atoms with Crippen molar-refractivity contribution in [1.82, 2.24) is 5.32 Å². The van der Waals surface area contributed by atoms with Gasteiger partial charge >= 0.3 is 11.9 Å². The second-order valence-corrected chi connectivity index (χ2v) is 4.50. The van der Waals surface area contributed by atoms with Gasteiger partial charge in [0.2, 0.25) is 5.75 Å². The van der Waals surface area contributed by atoms with E-state index in [4.69, 9.17) is 39.1 Å². The molecule has 1 rings (SSSR count). The molecule has 136 valence electrons. The summed E-state index contributed by atoms with van der Waals surface area (Å²) in [6.45, 7) is 3.40. The SMILES string of the molecule is COc1cccc(OC)c1OCCNCC(C)O.O=C(O)C(=O)O. The number of carboxylic acid groups (broad SMARTS) is 2. The number of carboxylic acids is 2. The highest BCUT2D eigenvalue weighted by Gasteiger charge is 2.10. The molecule has 0 aliphatic rings. The van der Waals surface area contributed by atoms with E-state index in [0.29, 0.717) is 36.9 Å². The molecule has 0 heterocycles. The Balaban J connectivity index is 0.000000754. The molecule has 1 aromatic rings. The van der Waals surface area contributed by atoms with E-state index in [0.717, 1.165) is 0 Å². The van der Waals surface area contributed by atoms with Crippen LogP contribution in [-0.4, -0.2) is 67.3 Å². The van der Waals surface area contributed by atoms with Crippen molar-refractivity contribution in [1.29, 1.82) is 0 Å². The van der Waals surface area contributed by atoms with E-state index in [1.54, 1.807) is 21.1 Å². The Labute approximate surface area is 139 Å². The van der Waals surface area contributed by atoms with Crippen LogP contribution in [0.5, 0.6) is 17.2 Å². The van der Waals surface area contributed by atoms with Crippen molar-refractivity contribution >= 4 is 11.9 Å². The van der Waals surface area contributed by atoms with Crippen molar-refractivity contribution in [3.8, 4) is 17.2 Å². The molecular formula is C15H23NO8. The Morgan fingerprint density at radius 3 is 2.00 bits per heavy atom. The standard InChI is InChI=1S/C13H21NO4.C2H2O4/c1-10(15)9-14-7-8-18-13-11(16-2)5-4-6-12(13)17-3;3-1(4)2(5)6/h4-6,10,14-15H,7-9H2,1-3H3;(H,3,4)(H,5,6). The van der Waals surface area contributed by atoms with E-state index in [-0.39, 0.29) is 6.10 Å². The van der Waals surface area contributed by atoms with E-state index in [1.807, 2.05) is 18.2 Å². The Bertz CT molecular complexity index is 484. The highest BCUT2D eigenvalue weighted by atomic mass is 16.5. The molecule has 0 spiro atoms. The molecule has 0 aliphatic carbocycles. The Morgan fingerprint density at radius 2 is 1.62 bits per heavy atom. The molecule has 1 atom stereocenters. The van der Waals surface area contributed by atoms with Crippen molar-refractivity contribution in [2.45, 2.75) is 13.0 Å². The number of aliphatic hydroxyl groups excluding tert-OH is 1. The molecular weight excluding hydrogens is 322 g/mol. The van der Waals surface area contributed by atoms with Gasteiger partial charge in [-0.15, -0.1) is 0 Å². The zero-order valence-corrected chi connectivity index (χ0v) is 13.8. The highest BCUT2D eigenvalue weighted by molar-refractivity contribution is 6.27. The van der Waals surface area contributed by atoms with Crippen LogP contribution in [0.4, 0.5) is 0 Å². The van der Waals surface area contributed by atoms with Crippen LogP contribution in [0.2, 0.25) is 0 Å². The summed E-state index contributed by atoms with van der Waals surface area (Å²) < 4.78 is 16.1. The number of benzene rings is 1. The summed E-state index contributed by atoms with van der Waals surface area (Å²) in [5.41, 5.74) is 0. The Morgan fingerprint density at radius 1 is 1.12 bits per heavy atom. The molecule has 0 aliphatic heterocycles. The summed E-state index contributed by atoms with van der Waals surface area (Å²) in [5.74, 6) is -1.76. The van der Waals surface area contributed by atoms with Crippen LogP contribution in [0.3, 0.4) is 0 Å². The fourth-order valence-corrected chi connectivity index (χ4v) is 1.50. The highest BCUT2D eigenvalue weighted by Crippen LogP contribution is 2.36. The second-order valence-electron chi connectivity index (χ2n) is 4.50. The Kier molecular flexibility index (Phi) is 10.7. The predicted molar refractivity (Wildman–Crippen MR) is 84.9 cm³/mol. The van der Waals surface area contributed by atoms with Gasteiger partial charge in [0.1, 0.15) is 6.61 Å². The first-order valence-electron chi connectivity index (χ1n) is 7.02. The van der Waals surface area contributed by atoms with Crippen LogP contribution in [0.15, 0.2) is 18.2 Å². The number of nitrogens with one attached hydrogen (secondary N) is 1. The van der Waals surface area contributed by atoms with Crippen LogP contribution in [-0.2, 0) is 9.59 Å². The lowest BCUT2D eigenvalue weighted by Gasteiger charge is -2.14. The molecule has 1 aromatic carbocycles. The summed E-state index contributed by atoms with van der Waals surface area (Å²) >= 11 is 0. The molecule has 0 bridgehead atoms. The van der Waals surface area contributed by atoms with Gasteiger partial charge in [0.25, 0.3) is 0 Å². The fourth-order valence-electron chi connectivity index (χ4n) is 1.50. The van der Waals surface area contributed by atoms with Crippen LogP contribution in [0.25, 0.3) is 0 Å². The Hall–Kier alpha value is -2.52. The maximum atomic E-state index is 9.10. The molecule has 1 unspecified atom stereocenters. The van der Waals surface area contributed by atoms with Gasteiger partial charge in [-0.1, -0.05) is 6.07 Å².